The molecular formula is C17H25ClN2O3S. The number of carbonyl (C=O) groups excluding carboxylic acids is 1. The summed E-state index contributed by atoms with van der Waals surface area (Å²) in [4.78, 5) is 12.7. The number of sulfone groups is 1. The Morgan fingerprint density at radius 2 is 1.75 bits per heavy atom. The van der Waals surface area contributed by atoms with Crippen molar-refractivity contribution in [2.75, 3.05) is 19.3 Å². The lowest BCUT2D eigenvalue weighted by Gasteiger charge is -2.40. The van der Waals surface area contributed by atoms with E-state index in [-0.39, 0.29) is 24.4 Å². The maximum Gasteiger partial charge on any atom is 0.241 e. The minimum absolute atomic E-state index is 0. The van der Waals surface area contributed by atoms with Crippen LogP contribution in [-0.2, 0) is 14.6 Å². The number of benzene rings is 1. The maximum atomic E-state index is 12.7. The number of rotatable bonds is 4. The van der Waals surface area contributed by atoms with Crippen molar-refractivity contribution < 1.29 is 13.2 Å². The van der Waals surface area contributed by atoms with Crippen molar-refractivity contribution in [2.24, 2.45) is 0 Å². The average molecular weight is 373 g/mol. The first-order valence-corrected chi connectivity index (χ1v) is 10.1. The minimum atomic E-state index is -3.43. The molecule has 0 atom stereocenters. The van der Waals surface area contributed by atoms with Crippen molar-refractivity contribution in [3.63, 3.8) is 0 Å². The van der Waals surface area contributed by atoms with E-state index < -0.39 is 14.6 Å². The number of nitrogens with one attached hydrogen (secondary N) is 2. The molecule has 0 bridgehead atoms. The molecule has 2 N–H and O–H groups in total. The molecule has 1 aromatic carbocycles. The lowest BCUT2D eigenvalue weighted by Crippen LogP contribution is -2.60. The highest BCUT2D eigenvalue weighted by Gasteiger charge is 2.49. The molecule has 0 aromatic heterocycles. The average Bonchev–Trinajstić information content (AvgIpc) is 2.50. The van der Waals surface area contributed by atoms with Gasteiger partial charge in [-0.3, -0.25) is 4.79 Å². The third-order valence-electron chi connectivity index (χ3n) is 5.28. The molecule has 2 fully saturated rings. The molecule has 2 aliphatic rings. The predicted molar refractivity (Wildman–Crippen MR) is 97.3 cm³/mol. The Kier molecular flexibility index (Phi) is 5.94. The van der Waals surface area contributed by atoms with Crippen LogP contribution >= 0.6 is 12.4 Å². The molecule has 1 heterocycles. The molecule has 24 heavy (non-hydrogen) atoms. The third kappa shape index (κ3) is 3.60. The molecule has 1 aromatic rings. The molecule has 0 spiro atoms. The summed E-state index contributed by atoms with van der Waals surface area (Å²) in [6.45, 7) is 1.13. The van der Waals surface area contributed by atoms with Crippen LogP contribution in [0.15, 0.2) is 30.3 Å². The second-order valence-electron chi connectivity index (χ2n) is 6.77. The Morgan fingerprint density at radius 3 is 2.29 bits per heavy atom. The van der Waals surface area contributed by atoms with Crippen molar-refractivity contribution >= 4 is 28.2 Å². The van der Waals surface area contributed by atoms with Gasteiger partial charge in [0, 0.05) is 12.3 Å². The fourth-order valence-corrected chi connectivity index (χ4v) is 4.99. The van der Waals surface area contributed by atoms with Crippen LogP contribution in [0.2, 0.25) is 0 Å². The van der Waals surface area contributed by atoms with E-state index in [0.717, 1.165) is 12.8 Å². The van der Waals surface area contributed by atoms with Gasteiger partial charge in [-0.1, -0.05) is 30.3 Å². The first-order chi connectivity index (χ1) is 10.9. The quantitative estimate of drug-likeness (QED) is 0.842. The molecule has 1 aliphatic carbocycles. The van der Waals surface area contributed by atoms with E-state index in [0.29, 0.717) is 31.8 Å². The lowest BCUT2D eigenvalue weighted by molar-refractivity contribution is -0.125. The highest BCUT2D eigenvalue weighted by molar-refractivity contribution is 7.92. The van der Waals surface area contributed by atoms with Crippen LogP contribution in [0, 0.1) is 0 Å². The van der Waals surface area contributed by atoms with Crippen LogP contribution in [0.1, 0.15) is 37.2 Å². The first kappa shape index (κ1) is 19.2. The molecule has 1 saturated carbocycles. The standard InChI is InChI=1S/C17H24N2O3S.ClH/c1-23(21,22)17(7-9-18-10-8-17)16(20)19-15-11-14(12-15)13-5-3-2-4-6-13;/h2-6,14-15,18H,7-12H2,1H3,(H,19,20);1H. The van der Waals surface area contributed by atoms with Gasteiger partial charge in [0.15, 0.2) is 14.6 Å². The van der Waals surface area contributed by atoms with Gasteiger partial charge < -0.3 is 10.6 Å². The normalized spacial score (nSPS) is 25.9. The fraction of sp³-hybridized carbons (Fsp3) is 0.588. The number of piperidine rings is 1. The number of hydrogen-bond acceptors (Lipinski definition) is 4. The van der Waals surface area contributed by atoms with E-state index in [1.807, 2.05) is 18.2 Å². The third-order valence-corrected chi connectivity index (χ3v) is 7.29. The summed E-state index contributed by atoms with van der Waals surface area (Å²) in [6, 6.07) is 10.3. The molecule has 1 saturated heterocycles. The lowest BCUT2D eigenvalue weighted by atomic mass is 9.75. The first-order valence-electron chi connectivity index (χ1n) is 8.19. The molecule has 3 rings (SSSR count). The van der Waals surface area contributed by atoms with Crippen LogP contribution < -0.4 is 10.6 Å². The highest BCUT2D eigenvalue weighted by atomic mass is 35.5. The largest absolute Gasteiger partial charge is 0.352 e. The molecule has 1 aliphatic heterocycles. The van der Waals surface area contributed by atoms with E-state index >= 15 is 0 Å². The van der Waals surface area contributed by atoms with Crippen molar-refractivity contribution in [3.05, 3.63) is 35.9 Å². The van der Waals surface area contributed by atoms with Gasteiger partial charge in [-0.25, -0.2) is 8.42 Å². The van der Waals surface area contributed by atoms with Crippen molar-refractivity contribution in [1.82, 2.24) is 10.6 Å². The Bertz CT molecular complexity index is 666. The van der Waals surface area contributed by atoms with Gasteiger partial charge in [-0.05, 0) is 50.3 Å². The molecule has 134 valence electrons. The van der Waals surface area contributed by atoms with E-state index in [4.69, 9.17) is 0 Å². The van der Waals surface area contributed by atoms with Crippen LogP contribution in [-0.4, -0.2) is 44.5 Å². The van der Waals surface area contributed by atoms with Gasteiger partial charge in [0.2, 0.25) is 5.91 Å². The number of hydrogen-bond donors (Lipinski definition) is 2. The number of carbonyl (C=O) groups is 1. The number of amides is 1. The van der Waals surface area contributed by atoms with Gasteiger partial charge >= 0.3 is 0 Å². The van der Waals surface area contributed by atoms with Crippen molar-refractivity contribution in [1.29, 1.82) is 0 Å². The summed E-state index contributed by atoms with van der Waals surface area (Å²) in [5.74, 6) is 0.154. The van der Waals surface area contributed by atoms with Gasteiger partial charge in [-0.2, -0.15) is 0 Å². The summed E-state index contributed by atoms with van der Waals surface area (Å²) >= 11 is 0. The summed E-state index contributed by atoms with van der Waals surface area (Å²) in [6.07, 6.45) is 3.66. The molecular weight excluding hydrogens is 348 g/mol. The SMILES string of the molecule is CS(=O)(=O)C1(C(=O)NC2CC(c3ccccc3)C2)CCNCC1.Cl. The Balaban J connectivity index is 0.00000208. The Morgan fingerprint density at radius 1 is 1.17 bits per heavy atom. The second kappa shape index (κ2) is 7.42. The van der Waals surface area contributed by atoms with Gasteiger partial charge in [0.1, 0.15) is 0 Å². The van der Waals surface area contributed by atoms with Crippen LogP contribution in [0.25, 0.3) is 0 Å². The monoisotopic (exact) mass is 372 g/mol. The summed E-state index contributed by atoms with van der Waals surface area (Å²) in [7, 11) is -3.43. The molecule has 1 amide bonds. The summed E-state index contributed by atoms with van der Waals surface area (Å²) < 4.78 is 23.2. The minimum Gasteiger partial charge on any atom is -0.352 e. The van der Waals surface area contributed by atoms with E-state index in [1.54, 1.807) is 0 Å². The zero-order valence-electron chi connectivity index (χ0n) is 13.8. The number of halogens is 1. The zero-order valence-corrected chi connectivity index (χ0v) is 15.5. The second-order valence-corrected chi connectivity index (χ2v) is 9.09. The maximum absolute atomic E-state index is 12.7. The van der Waals surface area contributed by atoms with Crippen LogP contribution in [0.3, 0.4) is 0 Å². The van der Waals surface area contributed by atoms with E-state index in [9.17, 15) is 13.2 Å². The topological polar surface area (TPSA) is 75.3 Å². The molecule has 7 heteroatoms. The summed E-state index contributed by atoms with van der Waals surface area (Å²) in [5.41, 5.74) is 1.29. The van der Waals surface area contributed by atoms with E-state index in [1.165, 1.54) is 11.8 Å². The fourth-order valence-electron chi connectivity index (χ4n) is 3.65. The highest BCUT2D eigenvalue weighted by Crippen LogP contribution is 2.37. The zero-order chi connectivity index (χ0) is 16.5. The van der Waals surface area contributed by atoms with Crippen molar-refractivity contribution in [3.8, 4) is 0 Å². The molecule has 0 unspecified atom stereocenters. The molecule has 5 nitrogen and oxygen atoms in total. The van der Waals surface area contributed by atoms with Crippen LogP contribution in [0.4, 0.5) is 0 Å². The van der Waals surface area contributed by atoms with Crippen molar-refractivity contribution in [2.45, 2.75) is 42.4 Å². The van der Waals surface area contributed by atoms with Gasteiger partial charge in [-0.15, -0.1) is 12.4 Å². The molecule has 0 radical (unpaired) electrons. The smallest absolute Gasteiger partial charge is 0.241 e. The van der Waals surface area contributed by atoms with E-state index in [2.05, 4.69) is 22.8 Å². The summed E-state index contributed by atoms with van der Waals surface area (Å²) in [5, 5.41) is 6.12. The Hall–Kier alpha value is -1.11. The van der Waals surface area contributed by atoms with Crippen LogP contribution in [0.5, 0.6) is 0 Å². The Labute approximate surface area is 149 Å². The predicted octanol–water partition coefficient (Wildman–Crippen LogP) is 1.64. The van der Waals surface area contributed by atoms with Gasteiger partial charge in [0.05, 0.1) is 0 Å². The van der Waals surface area contributed by atoms with Gasteiger partial charge in [0.25, 0.3) is 0 Å².